The first-order valence-electron chi connectivity index (χ1n) is 6.99. The number of hydrogen-bond acceptors (Lipinski definition) is 3. The van der Waals surface area contributed by atoms with Crippen LogP contribution in [0.2, 0.25) is 0 Å². The van der Waals surface area contributed by atoms with E-state index < -0.39 is 40.9 Å². The molecule has 4 nitrogen and oxygen atoms in total. The molecule has 2 aromatic rings. The summed E-state index contributed by atoms with van der Waals surface area (Å²) in [5, 5.41) is 2.31. The highest BCUT2D eigenvalue weighted by atomic mass is 19.1. The van der Waals surface area contributed by atoms with E-state index in [4.69, 9.17) is 0 Å². The second-order valence-electron chi connectivity index (χ2n) is 5.01. The number of ether oxygens (including phenoxy) is 1. The molecule has 0 spiro atoms. The number of hydrogen-bond donors (Lipinski definition) is 1. The zero-order valence-electron chi connectivity index (χ0n) is 12.7. The zero-order chi connectivity index (χ0) is 17.7. The highest BCUT2D eigenvalue weighted by molar-refractivity contribution is 5.97. The Balaban J connectivity index is 2.19. The smallest absolute Gasteiger partial charge is 0.328 e. The van der Waals surface area contributed by atoms with Crippen LogP contribution in [0, 0.1) is 17.5 Å². The summed E-state index contributed by atoms with van der Waals surface area (Å²) in [6, 6.07) is 6.80. The number of esters is 1. The summed E-state index contributed by atoms with van der Waals surface area (Å²) in [5.74, 6) is -4.04. The highest BCUT2D eigenvalue weighted by Gasteiger charge is 2.24. The standard InChI is InChI=1S/C17H14F3NO3/c1-24-17(23)15(8-10-3-2-4-11(18)7-10)21-16(22)13-6-5-12(19)9-14(13)20/h2-7,9,15H,8H2,1H3,(H,21,22)/t15-/m1/s1. The van der Waals surface area contributed by atoms with E-state index in [1.54, 1.807) is 6.07 Å². The first-order valence-corrected chi connectivity index (χ1v) is 6.99. The lowest BCUT2D eigenvalue weighted by molar-refractivity contribution is -0.142. The highest BCUT2D eigenvalue weighted by Crippen LogP contribution is 2.12. The molecule has 7 heteroatoms. The van der Waals surface area contributed by atoms with Crippen molar-refractivity contribution in [3.63, 3.8) is 0 Å². The van der Waals surface area contributed by atoms with Crippen LogP contribution < -0.4 is 5.32 Å². The van der Waals surface area contributed by atoms with Gasteiger partial charge < -0.3 is 10.1 Å². The molecule has 0 fully saturated rings. The van der Waals surface area contributed by atoms with Gasteiger partial charge in [0, 0.05) is 12.5 Å². The molecule has 0 bridgehead atoms. The predicted octanol–water partition coefficient (Wildman–Crippen LogP) is 2.62. The average molecular weight is 337 g/mol. The molecule has 0 saturated carbocycles. The lowest BCUT2D eigenvalue weighted by atomic mass is 10.0. The summed E-state index contributed by atoms with van der Waals surface area (Å²) in [6.45, 7) is 0. The third kappa shape index (κ3) is 4.34. The van der Waals surface area contributed by atoms with Crippen LogP contribution in [0.15, 0.2) is 42.5 Å². The number of carbonyl (C=O) groups is 2. The Morgan fingerprint density at radius 3 is 2.42 bits per heavy atom. The van der Waals surface area contributed by atoms with Crippen molar-refractivity contribution in [2.45, 2.75) is 12.5 Å². The van der Waals surface area contributed by atoms with E-state index in [0.29, 0.717) is 11.6 Å². The molecule has 1 atom stereocenters. The molecule has 2 aromatic carbocycles. The van der Waals surface area contributed by atoms with Gasteiger partial charge >= 0.3 is 5.97 Å². The normalized spacial score (nSPS) is 11.7. The zero-order valence-corrected chi connectivity index (χ0v) is 12.7. The number of rotatable bonds is 5. The maximum absolute atomic E-state index is 13.6. The molecule has 0 aliphatic heterocycles. The number of amides is 1. The van der Waals surface area contributed by atoms with Gasteiger partial charge in [-0.1, -0.05) is 12.1 Å². The van der Waals surface area contributed by atoms with Crippen LogP contribution in [-0.2, 0) is 16.0 Å². The fourth-order valence-electron chi connectivity index (χ4n) is 2.14. The summed E-state index contributed by atoms with van der Waals surface area (Å²) < 4.78 is 44.4. The van der Waals surface area contributed by atoms with Crippen molar-refractivity contribution in [3.8, 4) is 0 Å². The van der Waals surface area contributed by atoms with Crippen molar-refractivity contribution in [2.75, 3.05) is 7.11 Å². The Bertz CT molecular complexity index is 764. The molecule has 0 heterocycles. The van der Waals surface area contributed by atoms with Crippen molar-refractivity contribution in [1.82, 2.24) is 5.32 Å². The summed E-state index contributed by atoms with van der Waals surface area (Å²) in [5.41, 5.74) is 0.0369. The van der Waals surface area contributed by atoms with E-state index in [9.17, 15) is 22.8 Å². The van der Waals surface area contributed by atoms with Crippen molar-refractivity contribution >= 4 is 11.9 Å². The van der Waals surface area contributed by atoms with Gasteiger partial charge in [0.25, 0.3) is 5.91 Å². The number of carbonyl (C=O) groups excluding carboxylic acids is 2. The maximum Gasteiger partial charge on any atom is 0.328 e. The summed E-state index contributed by atoms with van der Waals surface area (Å²) in [7, 11) is 1.13. The van der Waals surface area contributed by atoms with Gasteiger partial charge in [0.05, 0.1) is 12.7 Å². The molecule has 0 unspecified atom stereocenters. The van der Waals surface area contributed by atoms with Gasteiger partial charge in [-0.05, 0) is 29.8 Å². The molecule has 1 N–H and O–H groups in total. The second kappa shape index (κ2) is 7.63. The summed E-state index contributed by atoms with van der Waals surface area (Å²) in [6.07, 6.45) is -0.0427. The van der Waals surface area contributed by atoms with Gasteiger partial charge in [-0.3, -0.25) is 4.79 Å². The molecule has 0 aliphatic rings. The van der Waals surface area contributed by atoms with Gasteiger partial charge in [-0.25, -0.2) is 18.0 Å². The van der Waals surface area contributed by atoms with Crippen LogP contribution in [0.5, 0.6) is 0 Å². The number of halogens is 3. The summed E-state index contributed by atoms with van der Waals surface area (Å²) in [4.78, 5) is 23.9. The molecule has 1 amide bonds. The number of methoxy groups -OCH3 is 1. The number of nitrogens with one attached hydrogen (secondary N) is 1. The Labute approximate surface area is 136 Å². The molecular weight excluding hydrogens is 323 g/mol. The molecule has 0 aromatic heterocycles. The van der Waals surface area contributed by atoms with Crippen LogP contribution in [0.4, 0.5) is 13.2 Å². The largest absolute Gasteiger partial charge is 0.467 e. The van der Waals surface area contributed by atoms with Crippen molar-refractivity contribution < 1.29 is 27.5 Å². The topological polar surface area (TPSA) is 55.4 Å². The van der Waals surface area contributed by atoms with Crippen LogP contribution in [0.1, 0.15) is 15.9 Å². The number of benzene rings is 2. The van der Waals surface area contributed by atoms with Crippen molar-refractivity contribution in [2.24, 2.45) is 0 Å². The van der Waals surface area contributed by atoms with Crippen molar-refractivity contribution in [1.29, 1.82) is 0 Å². The molecular formula is C17H14F3NO3. The lowest BCUT2D eigenvalue weighted by Gasteiger charge is -2.17. The molecule has 2 rings (SSSR count). The average Bonchev–Trinajstić information content (AvgIpc) is 2.53. The van der Waals surface area contributed by atoms with Gasteiger partial charge in [-0.2, -0.15) is 0 Å². The first kappa shape index (κ1) is 17.5. The fraction of sp³-hybridized carbons (Fsp3) is 0.176. The fourth-order valence-corrected chi connectivity index (χ4v) is 2.14. The van der Waals surface area contributed by atoms with E-state index in [1.807, 2.05) is 0 Å². The van der Waals surface area contributed by atoms with Gasteiger partial charge in [0.1, 0.15) is 23.5 Å². The van der Waals surface area contributed by atoms with E-state index >= 15 is 0 Å². The maximum atomic E-state index is 13.6. The molecule has 126 valence electrons. The van der Waals surface area contributed by atoms with Crippen LogP contribution in [0.25, 0.3) is 0 Å². The van der Waals surface area contributed by atoms with E-state index in [2.05, 4.69) is 10.1 Å². The van der Waals surface area contributed by atoms with Gasteiger partial charge in [0.15, 0.2) is 0 Å². The predicted molar refractivity (Wildman–Crippen MR) is 79.7 cm³/mol. The van der Waals surface area contributed by atoms with Crippen LogP contribution >= 0.6 is 0 Å². The third-order valence-electron chi connectivity index (χ3n) is 3.30. The molecule has 0 aliphatic carbocycles. The van der Waals surface area contributed by atoms with E-state index in [-0.39, 0.29) is 6.42 Å². The second-order valence-corrected chi connectivity index (χ2v) is 5.01. The SMILES string of the molecule is COC(=O)[C@@H](Cc1cccc(F)c1)NC(=O)c1ccc(F)cc1F. The van der Waals surface area contributed by atoms with E-state index in [0.717, 1.165) is 19.2 Å². The Kier molecular flexibility index (Phi) is 5.57. The van der Waals surface area contributed by atoms with Crippen molar-refractivity contribution in [3.05, 3.63) is 71.0 Å². The monoisotopic (exact) mass is 337 g/mol. The first-order chi connectivity index (χ1) is 11.4. The van der Waals surface area contributed by atoms with Gasteiger partial charge in [-0.15, -0.1) is 0 Å². The summed E-state index contributed by atoms with van der Waals surface area (Å²) >= 11 is 0. The molecule has 0 radical (unpaired) electrons. The minimum absolute atomic E-state index is 0.0427. The Hall–Kier alpha value is -2.83. The minimum Gasteiger partial charge on any atom is -0.467 e. The van der Waals surface area contributed by atoms with E-state index in [1.165, 1.54) is 18.2 Å². The molecule has 0 saturated heterocycles. The lowest BCUT2D eigenvalue weighted by Crippen LogP contribution is -2.43. The Morgan fingerprint density at radius 2 is 1.79 bits per heavy atom. The van der Waals surface area contributed by atoms with Crippen LogP contribution in [-0.4, -0.2) is 25.0 Å². The quantitative estimate of drug-likeness (QED) is 0.854. The Morgan fingerprint density at radius 1 is 1.08 bits per heavy atom. The minimum atomic E-state index is -1.14. The molecule has 24 heavy (non-hydrogen) atoms. The van der Waals surface area contributed by atoms with Gasteiger partial charge in [0.2, 0.25) is 0 Å². The van der Waals surface area contributed by atoms with Crippen LogP contribution in [0.3, 0.4) is 0 Å². The third-order valence-corrected chi connectivity index (χ3v) is 3.30.